The van der Waals surface area contributed by atoms with E-state index in [1.807, 2.05) is 13.1 Å². The van der Waals surface area contributed by atoms with Crippen LogP contribution in [0.15, 0.2) is 18.2 Å². The van der Waals surface area contributed by atoms with Crippen LogP contribution in [0.25, 0.3) is 0 Å². The molecule has 0 aliphatic carbocycles. The maximum absolute atomic E-state index is 11.7. The molecule has 0 aromatic heterocycles. The van der Waals surface area contributed by atoms with Crippen LogP contribution in [0, 0.1) is 5.92 Å². The van der Waals surface area contributed by atoms with Crippen molar-refractivity contribution in [2.45, 2.75) is 38.3 Å². The molecule has 3 rings (SSSR count). The molecule has 2 heterocycles. The van der Waals surface area contributed by atoms with Gasteiger partial charge in [-0.15, -0.1) is 0 Å². The standard InChI is InChI=1S/C16H22N2O2/c1-10-13(7-8-20-10)16(17)12-3-5-14-11(9-12)4-6-15(19)18(14)2/h3,5,9-10,13,16H,4,6-8,17H2,1-2H3. The van der Waals surface area contributed by atoms with Gasteiger partial charge in [-0.2, -0.15) is 0 Å². The number of nitrogens with zero attached hydrogens (tertiary/aromatic N) is 1. The van der Waals surface area contributed by atoms with Crippen molar-refractivity contribution in [3.05, 3.63) is 29.3 Å². The number of amides is 1. The molecule has 0 radical (unpaired) electrons. The Morgan fingerprint density at radius 1 is 1.40 bits per heavy atom. The minimum absolute atomic E-state index is 0.0146. The van der Waals surface area contributed by atoms with Crippen LogP contribution in [0.3, 0.4) is 0 Å². The Hall–Kier alpha value is -1.39. The second kappa shape index (κ2) is 5.19. The Morgan fingerprint density at radius 2 is 2.20 bits per heavy atom. The summed E-state index contributed by atoms with van der Waals surface area (Å²) in [5.74, 6) is 0.573. The average molecular weight is 274 g/mol. The first-order chi connectivity index (χ1) is 9.58. The number of nitrogens with two attached hydrogens (primary N) is 1. The highest BCUT2D eigenvalue weighted by atomic mass is 16.5. The highest BCUT2D eigenvalue weighted by molar-refractivity contribution is 5.95. The molecule has 20 heavy (non-hydrogen) atoms. The lowest BCUT2D eigenvalue weighted by atomic mass is 9.87. The third-order valence-electron chi connectivity index (χ3n) is 4.73. The predicted octanol–water partition coefficient (Wildman–Crippen LogP) is 2.02. The highest BCUT2D eigenvalue weighted by Gasteiger charge is 2.31. The quantitative estimate of drug-likeness (QED) is 0.897. The molecular formula is C16H22N2O2. The molecule has 0 spiro atoms. The summed E-state index contributed by atoms with van der Waals surface area (Å²) < 4.78 is 5.62. The Bertz CT molecular complexity index is 529. The third kappa shape index (κ3) is 2.23. The number of carbonyl (C=O) groups is 1. The summed E-state index contributed by atoms with van der Waals surface area (Å²) in [6, 6.07) is 6.28. The van der Waals surface area contributed by atoms with E-state index in [4.69, 9.17) is 10.5 Å². The first-order valence-corrected chi connectivity index (χ1v) is 7.34. The lowest BCUT2D eigenvalue weighted by Gasteiger charge is -2.28. The molecule has 1 amide bonds. The van der Waals surface area contributed by atoms with Gasteiger partial charge in [0.05, 0.1) is 6.10 Å². The highest BCUT2D eigenvalue weighted by Crippen LogP contribution is 2.34. The third-order valence-corrected chi connectivity index (χ3v) is 4.73. The fourth-order valence-corrected chi connectivity index (χ4v) is 3.35. The second-order valence-electron chi connectivity index (χ2n) is 5.90. The molecule has 3 atom stereocenters. The maximum Gasteiger partial charge on any atom is 0.227 e. The van der Waals surface area contributed by atoms with Crippen molar-refractivity contribution in [1.29, 1.82) is 0 Å². The summed E-state index contributed by atoms with van der Waals surface area (Å²) in [7, 11) is 1.84. The summed E-state index contributed by atoms with van der Waals surface area (Å²) in [5.41, 5.74) is 9.84. The fourth-order valence-electron chi connectivity index (χ4n) is 3.35. The Morgan fingerprint density at radius 3 is 2.90 bits per heavy atom. The molecule has 2 aliphatic rings. The number of ether oxygens (including phenoxy) is 1. The molecule has 1 aromatic carbocycles. The van der Waals surface area contributed by atoms with Crippen LogP contribution in [-0.2, 0) is 16.0 Å². The lowest BCUT2D eigenvalue weighted by Crippen LogP contribution is -2.31. The van der Waals surface area contributed by atoms with E-state index in [1.54, 1.807) is 4.90 Å². The summed E-state index contributed by atoms with van der Waals surface area (Å²) in [6.45, 7) is 2.91. The molecule has 0 saturated carbocycles. The first kappa shape index (κ1) is 13.6. The van der Waals surface area contributed by atoms with Crippen LogP contribution < -0.4 is 10.6 Å². The Labute approximate surface area is 119 Å². The Kier molecular flexibility index (Phi) is 3.52. The van der Waals surface area contributed by atoms with E-state index in [1.165, 1.54) is 5.56 Å². The van der Waals surface area contributed by atoms with Crippen molar-refractivity contribution in [1.82, 2.24) is 0 Å². The van der Waals surface area contributed by atoms with Crippen LogP contribution in [0.4, 0.5) is 5.69 Å². The predicted molar refractivity (Wildman–Crippen MR) is 78.6 cm³/mol. The van der Waals surface area contributed by atoms with Gasteiger partial charge in [0.25, 0.3) is 0 Å². The molecule has 4 heteroatoms. The van der Waals surface area contributed by atoms with Gasteiger partial charge in [0.1, 0.15) is 0 Å². The number of anilines is 1. The number of hydrogen-bond acceptors (Lipinski definition) is 3. The van der Waals surface area contributed by atoms with Gasteiger partial charge in [0.2, 0.25) is 5.91 Å². The molecular weight excluding hydrogens is 252 g/mol. The molecule has 0 bridgehead atoms. The Balaban J connectivity index is 1.87. The zero-order valence-electron chi connectivity index (χ0n) is 12.1. The van der Waals surface area contributed by atoms with Crippen molar-refractivity contribution in [3.8, 4) is 0 Å². The largest absolute Gasteiger partial charge is 0.378 e. The number of aryl methyl sites for hydroxylation is 1. The smallest absolute Gasteiger partial charge is 0.227 e. The van der Waals surface area contributed by atoms with Gasteiger partial charge in [-0.1, -0.05) is 12.1 Å². The van der Waals surface area contributed by atoms with Gasteiger partial charge >= 0.3 is 0 Å². The normalized spacial score (nSPS) is 27.6. The van der Waals surface area contributed by atoms with Gasteiger partial charge in [0.15, 0.2) is 0 Å². The summed E-state index contributed by atoms with van der Waals surface area (Å²) in [4.78, 5) is 13.5. The molecule has 3 unspecified atom stereocenters. The number of hydrogen-bond donors (Lipinski definition) is 1. The zero-order chi connectivity index (χ0) is 14.3. The molecule has 2 N–H and O–H groups in total. The van der Waals surface area contributed by atoms with E-state index in [-0.39, 0.29) is 18.1 Å². The molecule has 2 aliphatic heterocycles. The molecule has 1 fully saturated rings. The van der Waals surface area contributed by atoms with Gasteiger partial charge in [-0.3, -0.25) is 4.79 Å². The van der Waals surface area contributed by atoms with Crippen LogP contribution in [0.1, 0.15) is 36.9 Å². The minimum Gasteiger partial charge on any atom is -0.378 e. The fraction of sp³-hybridized carbons (Fsp3) is 0.562. The van der Waals surface area contributed by atoms with Crippen molar-refractivity contribution in [2.24, 2.45) is 11.7 Å². The topological polar surface area (TPSA) is 55.6 Å². The maximum atomic E-state index is 11.7. The second-order valence-corrected chi connectivity index (χ2v) is 5.90. The van der Waals surface area contributed by atoms with E-state index >= 15 is 0 Å². The van der Waals surface area contributed by atoms with E-state index < -0.39 is 0 Å². The molecule has 1 aromatic rings. The van der Waals surface area contributed by atoms with Gasteiger partial charge in [-0.05, 0) is 37.0 Å². The van der Waals surface area contributed by atoms with Crippen LogP contribution in [-0.4, -0.2) is 25.7 Å². The monoisotopic (exact) mass is 274 g/mol. The van der Waals surface area contributed by atoms with Gasteiger partial charge in [0, 0.05) is 37.7 Å². The van der Waals surface area contributed by atoms with Crippen molar-refractivity contribution < 1.29 is 9.53 Å². The number of rotatable bonds is 2. The summed E-state index contributed by atoms with van der Waals surface area (Å²) in [6.07, 6.45) is 2.66. The lowest BCUT2D eigenvalue weighted by molar-refractivity contribution is -0.118. The van der Waals surface area contributed by atoms with Crippen molar-refractivity contribution in [3.63, 3.8) is 0 Å². The van der Waals surface area contributed by atoms with Crippen LogP contribution in [0.5, 0.6) is 0 Å². The minimum atomic E-state index is 0.0146. The molecule has 108 valence electrons. The molecule has 4 nitrogen and oxygen atoms in total. The number of fused-ring (bicyclic) bond motifs is 1. The van der Waals surface area contributed by atoms with E-state index in [0.717, 1.165) is 30.7 Å². The van der Waals surface area contributed by atoms with E-state index in [0.29, 0.717) is 12.3 Å². The zero-order valence-corrected chi connectivity index (χ0v) is 12.1. The molecule has 1 saturated heterocycles. The summed E-state index contributed by atoms with van der Waals surface area (Å²) >= 11 is 0. The van der Waals surface area contributed by atoms with Gasteiger partial charge < -0.3 is 15.4 Å². The van der Waals surface area contributed by atoms with E-state index in [2.05, 4.69) is 19.1 Å². The average Bonchev–Trinajstić information content (AvgIpc) is 2.88. The SMILES string of the molecule is CC1OCCC1C(N)c1ccc2c(c1)CCC(=O)N2C. The van der Waals surface area contributed by atoms with Crippen molar-refractivity contribution >= 4 is 11.6 Å². The van der Waals surface area contributed by atoms with Crippen LogP contribution in [0.2, 0.25) is 0 Å². The summed E-state index contributed by atoms with van der Waals surface area (Å²) in [5, 5.41) is 0. The van der Waals surface area contributed by atoms with Gasteiger partial charge in [-0.25, -0.2) is 0 Å². The van der Waals surface area contributed by atoms with E-state index in [9.17, 15) is 4.79 Å². The van der Waals surface area contributed by atoms with Crippen LogP contribution >= 0.6 is 0 Å². The van der Waals surface area contributed by atoms with Crippen molar-refractivity contribution in [2.75, 3.05) is 18.6 Å². The first-order valence-electron chi connectivity index (χ1n) is 7.34. The number of benzene rings is 1. The number of carbonyl (C=O) groups excluding carboxylic acids is 1.